The van der Waals surface area contributed by atoms with E-state index in [1.165, 1.54) is 30.6 Å². The maximum Gasteiger partial charge on any atom is 0.133 e. The molecule has 2 atom stereocenters. The summed E-state index contributed by atoms with van der Waals surface area (Å²) in [5.41, 5.74) is 1.29. The molecule has 0 bridgehead atoms. The van der Waals surface area contributed by atoms with Crippen LogP contribution in [-0.2, 0) is 6.54 Å². The normalized spacial score (nSPS) is 22.8. The van der Waals surface area contributed by atoms with E-state index in [2.05, 4.69) is 59.9 Å². The Morgan fingerprint density at radius 3 is 2.85 bits per heavy atom. The molecule has 3 nitrogen and oxygen atoms in total. The molecule has 2 rings (SSSR count). The summed E-state index contributed by atoms with van der Waals surface area (Å²) in [4.78, 5) is 7.26. The standard InChI is InChI=1S/C16H26BrN3/c1-5-15-7-6-12(4)20(15)16-13(9-18-11(2)3)8-14(17)10-19-16/h8,10-12,15,18H,5-7,9H2,1-4H3. The van der Waals surface area contributed by atoms with E-state index in [1.807, 2.05) is 6.20 Å². The van der Waals surface area contributed by atoms with E-state index in [-0.39, 0.29) is 0 Å². The second-order valence-electron chi connectivity index (χ2n) is 6.07. The fraction of sp³-hybridized carbons (Fsp3) is 0.688. The van der Waals surface area contributed by atoms with Crippen molar-refractivity contribution in [2.45, 2.75) is 71.6 Å². The summed E-state index contributed by atoms with van der Waals surface area (Å²) in [7, 11) is 0. The molecule has 0 amide bonds. The first-order chi connectivity index (χ1) is 9.52. The molecule has 1 aromatic rings. The Balaban J connectivity index is 2.29. The van der Waals surface area contributed by atoms with Gasteiger partial charge >= 0.3 is 0 Å². The summed E-state index contributed by atoms with van der Waals surface area (Å²) in [6.07, 6.45) is 5.67. The molecule has 4 heteroatoms. The number of nitrogens with one attached hydrogen (secondary N) is 1. The summed E-state index contributed by atoms with van der Waals surface area (Å²) in [5, 5.41) is 3.51. The van der Waals surface area contributed by atoms with E-state index in [0.29, 0.717) is 18.1 Å². The van der Waals surface area contributed by atoms with Crippen LogP contribution in [0, 0.1) is 0 Å². The highest BCUT2D eigenvalue weighted by Gasteiger charge is 2.31. The van der Waals surface area contributed by atoms with Gasteiger partial charge in [-0.1, -0.05) is 20.8 Å². The van der Waals surface area contributed by atoms with Crippen molar-refractivity contribution in [2.24, 2.45) is 0 Å². The zero-order valence-corrected chi connectivity index (χ0v) is 14.6. The summed E-state index contributed by atoms with van der Waals surface area (Å²) in [6, 6.07) is 3.91. The van der Waals surface area contributed by atoms with Crippen molar-refractivity contribution in [3.05, 3.63) is 22.3 Å². The average molecular weight is 340 g/mol. The van der Waals surface area contributed by atoms with Crippen LogP contribution in [-0.4, -0.2) is 23.1 Å². The fourth-order valence-electron chi connectivity index (χ4n) is 3.00. The number of hydrogen-bond donors (Lipinski definition) is 1. The Morgan fingerprint density at radius 2 is 2.20 bits per heavy atom. The lowest BCUT2D eigenvalue weighted by Gasteiger charge is -2.31. The molecule has 2 heterocycles. The largest absolute Gasteiger partial charge is 0.351 e. The molecule has 1 aromatic heterocycles. The smallest absolute Gasteiger partial charge is 0.133 e. The Morgan fingerprint density at radius 1 is 1.45 bits per heavy atom. The number of hydrogen-bond acceptors (Lipinski definition) is 3. The van der Waals surface area contributed by atoms with E-state index < -0.39 is 0 Å². The zero-order valence-electron chi connectivity index (χ0n) is 13.0. The highest BCUT2D eigenvalue weighted by Crippen LogP contribution is 2.33. The highest BCUT2D eigenvalue weighted by molar-refractivity contribution is 9.10. The van der Waals surface area contributed by atoms with Crippen molar-refractivity contribution < 1.29 is 0 Å². The zero-order chi connectivity index (χ0) is 14.7. The van der Waals surface area contributed by atoms with Crippen LogP contribution >= 0.6 is 15.9 Å². The summed E-state index contributed by atoms with van der Waals surface area (Å²) in [5.74, 6) is 1.17. The maximum absolute atomic E-state index is 4.73. The van der Waals surface area contributed by atoms with Crippen LogP contribution in [0.3, 0.4) is 0 Å². The van der Waals surface area contributed by atoms with Gasteiger partial charge in [-0.3, -0.25) is 0 Å². The minimum Gasteiger partial charge on any atom is -0.351 e. The van der Waals surface area contributed by atoms with E-state index >= 15 is 0 Å². The van der Waals surface area contributed by atoms with Crippen molar-refractivity contribution in [1.82, 2.24) is 10.3 Å². The third kappa shape index (κ3) is 3.53. The lowest BCUT2D eigenvalue weighted by molar-refractivity contribution is 0.578. The first-order valence-electron chi connectivity index (χ1n) is 7.69. The van der Waals surface area contributed by atoms with Gasteiger partial charge in [-0.2, -0.15) is 0 Å². The maximum atomic E-state index is 4.73. The van der Waals surface area contributed by atoms with Gasteiger partial charge in [0.05, 0.1) is 0 Å². The Labute approximate surface area is 131 Å². The van der Waals surface area contributed by atoms with Crippen LogP contribution in [0.25, 0.3) is 0 Å². The molecule has 20 heavy (non-hydrogen) atoms. The number of nitrogens with zero attached hydrogens (tertiary/aromatic N) is 2. The molecule has 1 N–H and O–H groups in total. The van der Waals surface area contributed by atoms with Crippen LogP contribution in [0.2, 0.25) is 0 Å². The molecule has 0 aliphatic carbocycles. The second kappa shape index (κ2) is 6.90. The number of pyridine rings is 1. The van der Waals surface area contributed by atoms with Gasteiger partial charge < -0.3 is 10.2 Å². The highest BCUT2D eigenvalue weighted by atomic mass is 79.9. The van der Waals surface area contributed by atoms with Crippen molar-refractivity contribution in [2.75, 3.05) is 4.90 Å². The molecule has 112 valence electrons. The minimum atomic E-state index is 0.486. The van der Waals surface area contributed by atoms with Crippen LogP contribution in [0.4, 0.5) is 5.82 Å². The number of anilines is 1. The minimum absolute atomic E-state index is 0.486. The first-order valence-corrected chi connectivity index (χ1v) is 8.48. The van der Waals surface area contributed by atoms with Crippen molar-refractivity contribution in [1.29, 1.82) is 0 Å². The molecule has 0 aromatic carbocycles. The van der Waals surface area contributed by atoms with Gasteiger partial charge in [-0.05, 0) is 48.2 Å². The van der Waals surface area contributed by atoms with Gasteiger partial charge in [0.2, 0.25) is 0 Å². The van der Waals surface area contributed by atoms with Gasteiger partial charge in [0.25, 0.3) is 0 Å². The molecule has 2 unspecified atom stereocenters. The summed E-state index contributed by atoms with van der Waals surface area (Å²) < 4.78 is 1.06. The molecule has 1 aliphatic heterocycles. The van der Waals surface area contributed by atoms with Crippen molar-refractivity contribution in [3.8, 4) is 0 Å². The SMILES string of the molecule is CCC1CCC(C)N1c1ncc(Br)cc1CNC(C)C. The van der Waals surface area contributed by atoms with Crippen molar-refractivity contribution in [3.63, 3.8) is 0 Å². The molecule has 0 spiro atoms. The van der Waals surface area contributed by atoms with Gasteiger partial charge in [0.1, 0.15) is 5.82 Å². The van der Waals surface area contributed by atoms with Gasteiger partial charge in [-0.15, -0.1) is 0 Å². The molecular formula is C16H26BrN3. The van der Waals surface area contributed by atoms with Gasteiger partial charge in [0, 0.05) is 40.9 Å². The average Bonchev–Trinajstić information content (AvgIpc) is 2.77. The fourth-order valence-corrected chi connectivity index (χ4v) is 3.38. The van der Waals surface area contributed by atoms with Crippen molar-refractivity contribution >= 4 is 21.7 Å². The molecule has 1 aliphatic rings. The molecule has 0 saturated carbocycles. The van der Waals surface area contributed by atoms with E-state index in [9.17, 15) is 0 Å². The lowest BCUT2D eigenvalue weighted by Crippen LogP contribution is -2.36. The Bertz CT molecular complexity index is 447. The third-order valence-corrected chi connectivity index (χ3v) is 4.55. The first kappa shape index (κ1) is 15.8. The number of aromatic nitrogens is 1. The van der Waals surface area contributed by atoms with Crippen LogP contribution in [0.5, 0.6) is 0 Å². The van der Waals surface area contributed by atoms with E-state index in [0.717, 1.165) is 11.0 Å². The number of rotatable bonds is 5. The number of halogens is 1. The third-order valence-electron chi connectivity index (χ3n) is 4.11. The van der Waals surface area contributed by atoms with Crippen LogP contribution < -0.4 is 10.2 Å². The predicted molar refractivity (Wildman–Crippen MR) is 89.2 cm³/mol. The van der Waals surface area contributed by atoms with Crippen LogP contribution in [0.1, 0.15) is 52.5 Å². The molecule has 1 saturated heterocycles. The topological polar surface area (TPSA) is 28.2 Å². The predicted octanol–water partition coefficient (Wildman–Crippen LogP) is 4.11. The quantitative estimate of drug-likeness (QED) is 0.874. The second-order valence-corrected chi connectivity index (χ2v) is 6.98. The Kier molecular flexibility index (Phi) is 5.44. The molecule has 1 fully saturated rings. The monoisotopic (exact) mass is 339 g/mol. The molecular weight excluding hydrogens is 314 g/mol. The van der Waals surface area contributed by atoms with Crippen LogP contribution in [0.15, 0.2) is 16.7 Å². The Hall–Kier alpha value is -0.610. The summed E-state index contributed by atoms with van der Waals surface area (Å²) in [6.45, 7) is 9.83. The van der Waals surface area contributed by atoms with Gasteiger partial charge in [0.15, 0.2) is 0 Å². The van der Waals surface area contributed by atoms with E-state index in [1.54, 1.807) is 0 Å². The van der Waals surface area contributed by atoms with E-state index in [4.69, 9.17) is 4.98 Å². The summed E-state index contributed by atoms with van der Waals surface area (Å²) >= 11 is 3.55. The lowest BCUT2D eigenvalue weighted by atomic mass is 10.1. The van der Waals surface area contributed by atoms with Gasteiger partial charge in [-0.25, -0.2) is 4.98 Å². The molecule has 0 radical (unpaired) electrons.